The lowest BCUT2D eigenvalue weighted by Gasteiger charge is -2.16. The van der Waals surface area contributed by atoms with Gasteiger partial charge in [-0.2, -0.15) is 13.2 Å². The van der Waals surface area contributed by atoms with Gasteiger partial charge < -0.3 is 5.32 Å². The maximum absolute atomic E-state index is 12.4. The molecule has 1 aliphatic carbocycles. The molecule has 0 spiro atoms. The summed E-state index contributed by atoms with van der Waals surface area (Å²) in [7, 11) is 0. The fourth-order valence-corrected chi connectivity index (χ4v) is 2.76. The van der Waals surface area contributed by atoms with Gasteiger partial charge in [0, 0.05) is 6.04 Å². The SMILES string of the molecule is FC(F)(F)c1ccc(CCNC2CCCCCC2)cc1. The summed E-state index contributed by atoms with van der Waals surface area (Å²) >= 11 is 0. The molecule has 1 aliphatic rings. The van der Waals surface area contributed by atoms with Crippen LogP contribution in [-0.2, 0) is 12.6 Å². The van der Waals surface area contributed by atoms with Crippen LogP contribution in [0.15, 0.2) is 24.3 Å². The van der Waals surface area contributed by atoms with Crippen LogP contribution >= 0.6 is 0 Å². The largest absolute Gasteiger partial charge is 0.416 e. The molecule has 1 fully saturated rings. The molecule has 0 heterocycles. The van der Waals surface area contributed by atoms with Crippen molar-refractivity contribution in [1.29, 1.82) is 0 Å². The Morgan fingerprint density at radius 2 is 1.55 bits per heavy atom. The van der Waals surface area contributed by atoms with Gasteiger partial charge in [0.15, 0.2) is 0 Å². The number of rotatable bonds is 4. The van der Waals surface area contributed by atoms with E-state index in [0.717, 1.165) is 18.5 Å². The van der Waals surface area contributed by atoms with Crippen LogP contribution in [0.1, 0.15) is 49.7 Å². The maximum atomic E-state index is 12.4. The lowest BCUT2D eigenvalue weighted by atomic mass is 10.1. The molecule has 0 amide bonds. The minimum atomic E-state index is -4.24. The third kappa shape index (κ3) is 4.82. The second kappa shape index (κ2) is 7.11. The monoisotopic (exact) mass is 285 g/mol. The Bertz CT molecular complexity index is 389. The van der Waals surface area contributed by atoms with E-state index in [2.05, 4.69) is 5.32 Å². The van der Waals surface area contributed by atoms with Crippen molar-refractivity contribution in [2.45, 2.75) is 57.2 Å². The molecule has 0 atom stereocenters. The van der Waals surface area contributed by atoms with Crippen LogP contribution in [0.5, 0.6) is 0 Å². The zero-order valence-corrected chi connectivity index (χ0v) is 11.7. The summed E-state index contributed by atoms with van der Waals surface area (Å²) in [6.45, 7) is 0.843. The predicted molar refractivity (Wildman–Crippen MR) is 74.6 cm³/mol. The molecule has 4 heteroatoms. The van der Waals surface area contributed by atoms with E-state index in [9.17, 15) is 13.2 Å². The van der Waals surface area contributed by atoms with E-state index in [1.165, 1.54) is 50.7 Å². The molecule has 0 saturated heterocycles. The Labute approximate surface area is 118 Å². The number of hydrogen-bond acceptors (Lipinski definition) is 1. The first kappa shape index (κ1) is 15.4. The van der Waals surface area contributed by atoms with Crippen molar-refractivity contribution < 1.29 is 13.2 Å². The lowest BCUT2D eigenvalue weighted by Crippen LogP contribution is -2.30. The summed E-state index contributed by atoms with van der Waals surface area (Å²) in [5.41, 5.74) is 0.386. The van der Waals surface area contributed by atoms with Crippen molar-refractivity contribution in [1.82, 2.24) is 5.32 Å². The minimum Gasteiger partial charge on any atom is -0.314 e. The zero-order chi connectivity index (χ0) is 14.4. The molecule has 1 saturated carbocycles. The van der Waals surface area contributed by atoms with Gasteiger partial charge in [0.1, 0.15) is 0 Å². The van der Waals surface area contributed by atoms with Crippen molar-refractivity contribution in [2.24, 2.45) is 0 Å². The number of alkyl halides is 3. The molecule has 0 aromatic heterocycles. The summed E-state index contributed by atoms with van der Waals surface area (Å²) in [6.07, 6.45) is 4.25. The Balaban J connectivity index is 1.76. The fourth-order valence-electron chi connectivity index (χ4n) is 2.76. The van der Waals surface area contributed by atoms with Crippen molar-refractivity contribution in [2.75, 3.05) is 6.54 Å². The average molecular weight is 285 g/mol. The standard InChI is InChI=1S/C16H22F3N/c17-16(18,19)14-9-7-13(8-10-14)11-12-20-15-5-3-1-2-4-6-15/h7-10,15,20H,1-6,11-12H2. The highest BCUT2D eigenvalue weighted by Gasteiger charge is 2.29. The highest BCUT2D eigenvalue weighted by atomic mass is 19.4. The zero-order valence-electron chi connectivity index (χ0n) is 11.7. The topological polar surface area (TPSA) is 12.0 Å². The molecule has 0 unspecified atom stereocenters. The summed E-state index contributed by atoms with van der Waals surface area (Å²) in [5.74, 6) is 0. The minimum absolute atomic E-state index is 0.571. The normalized spacial score (nSPS) is 17.9. The van der Waals surface area contributed by atoms with Gasteiger partial charge in [-0.15, -0.1) is 0 Å². The van der Waals surface area contributed by atoms with Gasteiger partial charge in [-0.3, -0.25) is 0 Å². The van der Waals surface area contributed by atoms with Gasteiger partial charge in [0.2, 0.25) is 0 Å². The second-order valence-corrected chi connectivity index (χ2v) is 5.59. The smallest absolute Gasteiger partial charge is 0.314 e. The Morgan fingerprint density at radius 1 is 0.950 bits per heavy atom. The van der Waals surface area contributed by atoms with Crippen molar-refractivity contribution in [3.63, 3.8) is 0 Å². The number of halogens is 3. The molecule has 0 aliphatic heterocycles. The van der Waals surface area contributed by atoms with Crippen LogP contribution in [0.25, 0.3) is 0 Å². The molecule has 1 nitrogen and oxygen atoms in total. The van der Waals surface area contributed by atoms with E-state index >= 15 is 0 Å². The highest BCUT2D eigenvalue weighted by Crippen LogP contribution is 2.29. The first-order chi connectivity index (χ1) is 9.55. The summed E-state index contributed by atoms with van der Waals surface area (Å²) in [5, 5.41) is 3.53. The quantitative estimate of drug-likeness (QED) is 0.800. The van der Waals surface area contributed by atoms with Crippen molar-refractivity contribution in [3.8, 4) is 0 Å². The number of nitrogens with one attached hydrogen (secondary N) is 1. The van der Waals surface area contributed by atoms with Crippen molar-refractivity contribution in [3.05, 3.63) is 35.4 Å². The Morgan fingerprint density at radius 3 is 2.10 bits per heavy atom. The fraction of sp³-hybridized carbons (Fsp3) is 0.625. The third-order valence-corrected chi connectivity index (χ3v) is 3.98. The van der Waals surface area contributed by atoms with Gasteiger partial charge in [-0.05, 0) is 43.5 Å². The van der Waals surface area contributed by atoms with E-state index < -0.39 is 11.7 Å². The van der Waals surface area contributed by atoms with Crippen LogP contribution in [0.3, 0.4) is 0 Å². The van der Waals surface area contributed by atoms with Gasteiger partial charge in [0.05, 0.1) is 5.56 Å². The molecular formula is C16H22F3N. The van der Waals surface area contributed by atoms with Gasteiger partial charge in [0.25, 0.3) is 0 Å². The second-order valence-electron chi connectivity index (χ2n) is 5.59. The van der Waals surface area contributed by atoms with Crippen molar-refractivity contribution >= 4 is 0 Å². The van der Waals surface area contributed by atoms with Crippen LogP contribution in [0.2, 0.25) is 0 Å². The summed E-state index contributed by atoms with van der Waals surface area (Å²) in [4.78, 5) is 0. The van der Waals surface area contributed by atoms with Gasteiger partial charge in [-0.1, -0.05) is 37.8 Å². The highest BCUT2D eigenvalue weighted by molar-refractivity contribution is 5.24. The maximum Gasteiger partial charge on any atom is 0.416 e. The average Bonchev–Trinajstić information content (AvgIpc) is 2.67. The van der Waals surface area contributed by atoms with E-state index in [-0.39, 0.29) is 0 Å². The van der Waals surface area contributed by atoms with E-state index in [1.807, 2.05) is 0 Å². The van der Waals surface area contributed by atoms with Gasteiger partial charge >= 0.3 is 6.18 Å². The van der Waals surface area contributed by atoms with E-state index in [1.54, 1.807) is 12.1 Å². The molecular weight excluding hydrogens is 263 g/mol. The van der Waals surface area contributed by atoms with Crippen LogP contribution in [-0.4, -0.2) is 12.6 Å². The molecule has 1 aromatic carbocycles. The summed E-state index contributed by atoms with van der Waals surface area (Å²) < 4.78 is 37.3. The van der Waals surface area contributed by atoms with Crippen LogP contribution < -0.4 is 5.32 Å². The Hall–Kier alpha value is -1.03. The third-order valence-electron chi connectivity index (χ3n) is 3.98. The molecule has 1 aromatic rings. The van der Waals surface area contributed by atoms with Gasteiger partial charge in [-0.25, -0.2) is 0 Å². The molecule has 0 bridgehead atoms. The first-order valence-corrected chi connectivity index (χ1v) is 7.45. The molecule has 20 heavy (non-hydrogen) atoms. The van der Waals surface area contributed by atoms with E-state index in [4.69, 9.17) is 0 Å². The predicted octanol–water partition coefficient (Wildman–Crippen LogP) is 4.56. The molecule has 1 N–H and O–H groups in total. The Kier molecular flexibility index (Phi) is 5.46. The molecule has 0 radical (unpaired) electrons. The number of benzene rings is 1. The lowest BCUT2D eigenvalue weighted by molar-refractivity contribution is -0.137. The first-order valence-electron chi connectivity index (χ1n) is 7.45. The summed E-state index contributed by atoms with van der Waals surface area (Å²) in [6, 6.07) is 6.09. The molecule has 2 rings (SSSR count). The van der Waals surface area contributed by atoms with Crippen LogP contribution in [0, 0.1) is 0 Å². The molecule has 112 valence electrons. The van der Waals surface area contributed by atoms with E-state index in [0.29, 0.717) is 6.04 Å². The van der Waals surface area contributed by atoms with Crippen LogP contribution in [0.4, 0.5) is 13.2 Å². The number of hydrogen-bond donors (Lipinski definition) is 1.